The Labute approximate surface area is 125 Å². The van der Waals surface area contributed by atoms with Crippen molar-refractivity contribution in [1.29, 1.82) is 0 Å². The van der Waals surface area contributed by atoms with Crippen LogP contribution < -0.4 is 9.62 Å². The van der Waals surface area contributed by atoms with E-state index >= 15 is 0 Å². The minimum Gasteiger partial charge on any atom is -0.326 e. The second kappa shape index (κ2) is 5.93. The molecule has 1 aliphatic rings. The molecule has 0 saturated heterocycles. The second-order valence-corrected chi connectivity index (χ2v) is 7.26. The van der Waals surface area contributed by atoms with Crippen LogP contribution in [0.2, 0.25) is 0 Å². The lowest BCUT2D eigenvalue weighted by molar-refractivity contribution is 0.112. The normalized spacial score (nSPS) is 21.9. The predicted molar refractivity (Wildman–Crippen MR) is 84.2 cm³/mol. The molecule has 5 nitrogen and oxygen atoms in total. The van der Waals surface area contributed by atoms with Crippen molar-refractivity contribution in [3.05, 3.63) is 53.8 Å². The molecule has 0 aromatic heterocycles. The van der Waals surface area contributed by atoms with Gasteiger partial charge in [-0.05, 0) is 25.1 Å². The van der Waals surface area contributed by atoms with Crippen LogP contribution in [0, 0.1) is 0 Å². The van der Waals surface area contributed by atoms with Crippen LogP contribution in [0.1, 0.15) is 17.3 Å². The van der Waals surface area contributed by atoms with E-state index in [-0.39, 0.29) is 16.2 Å². The number of aldehydes is 1. The Bertz CT molecular complexity index is 690. The number of nitrogens with two attached hydrogens (primary N) is 1. The Morgan fingerprint density at radius 1 is 1.29 bits per heavy atom. The largest absolute Gasteiger partial charge is 0.326 e. The maximum Gasteiger partial charge on any atom is 0.306 e. The van der Waals surface area contributed by atoms with Crippen molar-refractivity contribution in [1.82, 2.24) is 3.89 Å². The van der Waals surface area contributed by atoms with E-state index in [1.807, 2.05) is 12.2 Å². The van der Waals surface area contributed by atoms with Gasteiger partial charge in [-0.2, -0.15) is 12.3 Å². The maximum absolute atomic E-state index is 12.7. The summed E-state index contributed by atoms with van der Waals surface area (Å²) in [6.45, 7) is 2.23. The predicted octanol–water partition coefficient (Wildman–Crippen LogP) is 1.57. The van der Waals surface area contributed by atoms with Gasteiger partial charge in [0.2, 0.25) is 0 Å². The van der Waals surface area contributed by atoms with Crippen molar-refractivity contribution in [2.45, 2.75) is 6.92 Å². The minimum absolute atomic E-state index is 0.0185. The van der Waals surface area contributed by atoms with Gasteiger partial charge >= 0.3 is 10.0 Å². The van der Waals surface area contributed by atoms with Crippen molar-refractivity contribution in [2.24, 2.45) is 5.73 Å². The number of hydrogen-bond donors (Lipinski definition) is 1. The van der Waals surface area contributed by atoms with E-state index in [0.717, 1.165) is 11.9 Å². The van der Waals surface area contributed by atoms with E-state index in [2.05, 4.69) is 0 Å². The first-order valence-electron chi connectivity index (χ1n) is 6.74. The molecule has 112 valence electrons. The first-order chi connectivity index (χ1) is 9.99. The third kappa shape index (κ3) is 2.70. The van der Waals surface area contributed by atoms with Crippen molar-refractivity contribution in [3.63, 3.8) is 0 Å². The average Bonchev–Trinajstić information content (AvgIpc) is 2.54. The fourth-order valence-corrected chi connectivity index (χ4v) is 3.93. The summed E-state index contributed by atoms with van der Waals surface area (Å²) < 4.78 is 25.1. The van der Waals surface area contributed by atoms with Crippen LogP contribution in [0.4, 0.5) is 5.69 Å². The molecule has 2 rings (SSSR count). The molecular weight excluding hydrogens is 288 g/mol. The average molecular weight is 307 g/mol. The highest BCUT2D eigenvalue weighted by Crippen LogP contribution is 2.32. The van der Waals surface area contributed by atoms with Crippen molar-refractivity contribution >= 4 is 22.0 Å². The Morgan fingerprint density at radius 3 is 2.48 bits per heavy atom. The summed E-state index contributed by atoms with van der Waals surface area (Å²) in [5.41, 5.74) is 7.56. The van der Waals surface area contributed by atoms with Gasteiger partial charge in [0.1, 0.15) is 19.0 Å². The number of benzene rings is 1. The van der Waals surface area contributed by atoms with Crippen LogP contribution in [0.15, 0.2) is 48.2 Å². The number of rotatable bonds is 5. The third-order valence-corrected chi connectivity index (χ3v) is 5.83. The van der Waals surface area contributed by atoms with Gasteiger partial charge in [0.05, 0.1) is 5.75 Å². The van der Waals surface area contributed by atoms with Crippen LogP contribution in [-0.4, -0.2) is 33.5 Å². The smallest absolute Gasteiger partial charge is 0.306 e. The molecule has 21 heavy (non-hydrogen) atoms. The highest BCUT2D eigenvalue weighted by atomic mass is 32.2. The van der Waals surface area contributed by atoms with Crippen molar-refractivity contribution in [2.75, 3.05) is 18.8 Å². The standard InChI is InChI=1S/C15H19N2O3S/c1-2-21(19,20)17(9-3-4-14(10-16)11-17)15-7-5-13(12-18)6-8-15/h3-8,11-12H,2,9-10,16H2,1H3/q+1. The van der Waals surface area contributed by atoms with Gasteiger partial charge in [-0.25, -0.2) is 0 Å². The van der Waals surface area contributed by atoms with Crippen LogP contribution in [-0.2, 0) is 10.0 Å². The van der Waals surface area contributed by atoms with Gasteiger partial charge in [-0.3, -0.25) is 4.79 Å². The molecule has 0 spiro atoms. The lowest BCUT2D eigenvalue weighted by atomic mass is 10.1. The SMILES string of the molecule is CCS(=O)(=O)[N+]1(c2ccc(C=O)cc2)C=C(CN)C=CC1. The van der Waals surface area contributed by atoms with Crippen molar-refractivity contribution < 1.29 is 13.2 Å². The molecule has 1 aromatic rings. The molecule has 1 aliphatic heterocycles. The van der Waals surface area contributed by atoms with Gasteiger partial charge in [0.15, 0.2) is 5.69 Å². The minimum atomic E-state index is -3.43. The summed E-state index contributed by atoms with van der Waals surface area (Å²) in [5, 5.41) is 0. The topological polar surface area (TPSA) is 77.2 Å². The van der Waals surface area contributed by atoms with E-state index in [1.165, 1.54) is 0 Å². The first-order valence-corrected chi connectivity index (χ1v) is 8.35. The van der Waals surface area contributed by atoms with Gasteiger partial charge in [-0.15, -0.1) is 0 Å². The summed E-state index contributed by atoms with van der Waals surface area (Å²) in [6, 6.07) is 6.62. The van der Waals surface area contributed by atoms with Crippen LogP contribution >= 0.6 is 0 Å². The number of quaternary nitrogens is 1. The van der Waals surface area contributed by atoms with Crippen molar-refractivity contribution in [3.8, 4) is 0 Å². The van der Waals surface area contributed by atoms with Gasteiger partial charge in [0, 0.05) is 29.8 Å². The van der Waals surface area contributed by atoms with E-state index in [1.54, 1.807) is 37.4 Å². The number of carbonyl (C=O) groups is 1. The van der Waals surface area contributed by atoms with E-state index in [4.69, 9.17) is 5.73 Å². The summed E-state index contributed by atoms with van der Waals surface area (Å²) >= 11 is 0. The quantitative estimate of drug-likeness (QED) is 0.661. The molecule has 2 N–H and O–H groups in total. The summed E-state index contributed by atoms with van der Waals surface area (Å²) in [6.07, 6.45) is 6.10. The second-order valence-electron chi connectivity index (χ2n) is 4.87. The fourth-order valence-electron chi connectivity index (χ4n) is 2.42. The fraction of sp³-hybridized carbons (Fsp3) is 0.267. The number of carbonyl (C=O) groups excluding carboxylic acids is 1. The molecule has 0 aliphatic carbocycles. The molecule has 1 heterocycles. The Morgan fingerprint density at radius 2 is 1.95 bits per heavy atom. The number of sulfonamides is 1. The number of hydrogen-bond acceptors (Lipinski definition) is 4. The van der Waals surface area contributed by atoms with Crippen LogP contribution in [0.5, 0.6) is 0 Å². The highest BCUT2D eigenvalue weighted by molar-refractivity contribution is 7.91. The molecule has 0 fully saturated rings. The zero-order valence-corrected chi connectivity index (χ0v) is 12.7. The van der Waals surface area contributed by atoms with E-state index in [0.29, 0.717) is 17.8 Å². The van der Waals surface area contributed by atoms with E-state index < -0.39 is 10.0 Å². The first kappa shape index (κ1) is 15.6. The lowest BCUT2D eigenvalue weighted by Crippen LogP contribution is -2.51. The summed E-state index contributed by atoms with van der Waals surface area (Å²) in [5.74, 6) is 0.0185. The van der Waals surface area contributed by atoms with Crippen LogP contribution in [0.25, 0.3) is 0 Å². The molecule has 1 unspecified atom stereocenters. The molecule has 0 saturated carbocycles. The summed E-state index contributed by atoms with van der Waals surface area (Å²) in [7, 11) is -3.43. The Hall–Kier alpha value is -1.76. The zero-order chi connectivity index (χ0) is 15.5. The monoisotopic (exact) mass is 307 g/mol. The Balaban J connectivity index is 2.64. The van der Waals surface area contributed by atoms with Gasteiger partial charge in [0.25, 0.3) is 0 Å². The van der Waals surface area contributed by atoms with E-state index in [9.17, 15) is 13.2 Å². The molecule has 6 heteroatoms. The molecule has 0 radical (unpaired) electrons. The molecule has 0 bridgehead atoms. The maximum atomic E-state index is 12.7. The molecular formula is C15H19N2O3S+. The van der Waals surface area contributed by atoms with Crippen LogP contribution in [0.3, 0.4) is 0 Å². The van der Waals surface area contributed by atoms with Gasteiger partial charge < -0.3 is 5.73 Å². The van der Waals surface area contributed by atoms with Gasteiger partial charge in [-0.1, -0.05) is 6.08 Å². The number of nitrogens with zero attached hydrogens (tertiary/aromatic N) is 1. The third-order valence-electron chi connectivity index (χ3n) is 3.65. The molecule has 1 atom stereocenters. The molecule has 0 amide bonds. The zero-order valence-electron chi connectivity index (χ0n) is 11.9. The highest BCUT2D eigenvalue weighted by Gasteiger charge is 2.42. The lowest BCUT2D eigenvalue weighted by Gasteiger charge is -2.34. The Kier molecular flexibility index (Phi) is 4.41. The summed E-state index contributed by atoms with van der Waals surface area (Å²) in [4.78, 5) is 10.8. The molecule has 1 aromatic carbocycles.